The van der Waals surface area contributed by atoms with E-state index in [0.717, 1.165) is 26.2 Å². The second-order valence-electron chi connectivity index (χ2n) is 5.91. The van der Waals surface area contributed by atoms with E-state index in [0.29, 0.717) is 24.9 Å². The Hall–Kier alpha value is -0.650. The van der Waals surface area contributed by atoms with Crippen LogP contribution < -0.4 is 11.1 Å². The summed E-state index contributed by atoms with van der Waals surface area (Å²) in [6.45, 7) is 11.4. The minimum atomic E-state index is -0.375. The average molecular weight is 270 g/mol. The molecule has 3 N–H and O–H groups in total. The molecule has 0 radical (unpaired) electrons. The Bertz CT molecular complexity index is 275. The van der Waals surface area contributed by atoms with Gasteiger partial charge in [-0.3, -0.25) is 9.69 Å². The molecule has 0 bridgehead atoms. The first kappa shape index (κ1) is 16.4. The summed E-state index contributed by atoms with van der Waals surface area (Å²) in [4.78, 5) is 16.6. The van der Waals surface area contributed by atoms with Crippen LogP contribution in [0, 0.1) is 5.92 Å². The highest BCUT2D eigenvalue weighted by Crippen LogP contribution is 2.12. The molecule has 0 saturated carbocycles. The quantitative estimate of drug-likeness (QED) is 0.719. The number of likely N-dealkylation sites (N-methyl/N-ethyl adjacent to an activating group) is 1. The minimum Gasteiger partial charge on any atom is -0.353 e. The van der Waals surface area contributed by atoms with E-state index in [1.807, 2.05) is 6.92 Å². The highest BCUT2D eigenvalue weighted by atomic mass is 16.2. The van der Waals surface area contributed by atoms with Crippen LogP contribution in [0.2, 0.25) is 0 Å². The fourth-order valence-corrected chi connectivity index (χ4v) is 2.46. The summed E-state index contributed by atoms with van der Waals surface area (Å²) in [5.74, 6) is 0.504. The summed E-state index contributed by atoms with van der Waals surface area (Å²) in [6, 6.07) is 0.0296. The number of rotatable bonds is 6. The maximum absolute atomic E-state index is 11.8. The predicted octanol–water partition coefficient (Wildman–Crippen LogP) is 0.112. The van der Waals surface area contributed by atoms with Crippen LogP contribution in [0.4, 0.5) is 0 Å². The minimum absolute atomic E-state index is 0.0257. The number of amides is 1. The molecular formula is C14H30N4O. The van der Waals surface area contributed by atoms with Crippen LogP contribution in [-0.4, -0.2) is 67.6 Å². The Morgan fingerprint density at radius 1 is 1.26 bits per heavy atom. The molecular weight excluding hydrogens is 240 g/mol. The molecule has 1 rings (SSSR count). The summed E-state index contributed by atoms with van der Waals surface area (Å²) in [6.07, 6.45) is 0.687. The van der Waals surface area contributed by atoms with Crippen LogP contribution in [0.1, 0.15) is 27.2 Å². The standard InChI is InChI=1S/C14H30N4O/c1-5-12(15)14(19)16-10-13(11(2)3)18-8-6-17(4)7-9-18/h11-13H,5-10,15H2,1-4H3,(H,16,19)/t12-,13?/m1/s1. The second kappa shape index (κ2) is 7.82. The smallest absolute Gasteiger partial charge is 0.236 e. The Labute approximate surface area is 117 Å². The molecule has 1 aliphatic heterocycles. The maximum atomic E-state index is 11.8. The molecule has 1 heterocycles. The number of carbonyl (C=O) groups excluding carboxylic acids is 1. The third-order valence-electron chi connectivity index (χ3n) is 4.04. The van der Waals surface area contributed by atoms with Crippen molar-refractivity contribution < 1.29 is 4.79 Å². The zero-order chi connectivity index (χ0) is 14.4. The lowest BCUT2D eigenvalue weighted by Gasteiger charge is -2.40. The third kappa shape index (κ3) is 5.09. The van der Waals surface area contributed by atoms with Crippen molar-refractivity contribution >= 4 is 5.91 Å². The average Bonchev–Trinajstić information content (AvgIpc) is 2.39. The fraction of sp³-hybridized carbons (Fsp3) is 0.929. The van der Waals surface area contributed by atoms with E-state index in [4.69, 9.17) is 5.73 Å². The van der Waals surface area contributed by atoms with Crippen LogP contribution >= 0.6 is 0 Å². The van der Waals surface area contributed by atoms with Gasteiger partial charge in [0.25, 0.3) is 0 Å². The lowest BCUT2D eigenvalue weighted by atomic mass is 10.0. The number of nitrogens with zero attached hydrogens (tertiary/aromatic N) is 2. The van der Waals surface area contributed by atoms with Crippen LogP contribution in [-0.2, 0) is 4.79 Å². The van der Waals surface area contributed by atoms with Crippen LogP contribution in [0.25, 0.3) is 0 Å². The molecule has 1 aliphatic rings. The van der Waals surface area contributed by atoms with Crippen molar-refractivity contribution in [3.8, 4) is 0 Å². The van der Waals surface area contributed by atoms with Gasteiger partial charge in [-0.15, -0.1) is 0 Å². The van der Waals surface area contributed by atoms with E-state index in [9.17, 15) is 4.79 Å². The molecule has 19 heavy (non-hydrogen) atoms. The highest BCUT2D eigenvalue weighted by Gasteiger charge is 2.25. The fourth-order valence-electron chi connectivity index (χ4n) is 2.46. The highest BCUT2D eigenvalue weighted by molar-refractivity contribution is 5.81. The maximum Gasteiger partial charge on any atom is 0.236 e. The van der Waals surface area contributed by atoms with Gasteiger partial charge in [-0.25, -0.2) is 0 Å². The van der Waals surface area contributed by atoms with E-state index >= 15 is 0 Å². The Kier molecular flexibility index (Phi) is 6.75. The molecule has 112 valence electrons. The molecule has 0 aromatic rings. The van der Waals surface area contributed by atoms with Crippen molar-refractivity contribution in [2.24, 2.45) is 11.7 Å². The van der Waals surface area contributed by atoms with Crippen molar-refractivity contribution in [1.82, 2.24) is 15.1 Å². The molecule has 5 nitrogen and oxygen atoms in total. The molecule has 0 aromatic heterocycles. The van der Waals surface area contributed by atoms with Crippen LogP contribution in [0.3, 0.4) is 0 Å². The van der Waals surface area contributed by atoms with Gasteiger partial charge < -0.3 is 16.0 Å². The lowest BCUT2D eigenvalue weighted by molar-refractivity contribution is -0.122. The van der Waals surface area contributed by atoms with Gasteiger partial charge in [-0.2, -0.15) is 0 Å². The molecule has 1 fully saturated rings. The monoisotopic (exact) mass is 270 g/mol. The number of nitrogens with one attached hydrogen (secondary N) is 1. The van der Waals surface area contributed by atoms with Crippen LogP contribution in [0.15, 0.2) is 0 Å². The normalized spacial score (nSPS) is 21.4. The topological polar surface area (TPSA) is 61.6 Å². The van der Waals surface area contributed by atoms with E-state index in [-0.39, 0.29) is 11.9 Å². The van der Waals surface area contributed by atoms with E-state index in [2.05, 4.69) is 36.0 Å². The van der Waals surface area contributed by atoms with Crippen LogP contribution in [0.5, 0.6) is 0 Å². The van der Waals surface area contributed by atoms with Gasteiger partial charge in [0.15, 0.2) is 0 Å². The van der Waals surface area contributed by atoms with E-state index in [1.54, 1.807) is 0 Å². The van der Waals surface area contributed by atoms with Gasteiger partial charge in [0.05, 0.1) is 6.04 Å². The summed E-state index contributed by atoms with van der Waals surface area (Å²) >= 11 is 0. The van der Waals surface area contributed by atoms with Gasteiger partial charge in [0.1, 0.15) is 0 Å². The van der Waals surface area contributed by atoms with Crippen molar-refractivity contribution in [3.05, 3.63) is 0 Å². The first-order valence-corrected chi connectivity index (χ1v) is 7.41. The molecule has 1 unspecified atom stereocenters. The summed E-state index contributed by atoms with van der Waals surface area (Å²) in [5, 5.41) is 3.00. The van der Waals surface area contributed by atoms with E-state index < -0.39 is 0 Å². The van der Waals surface area contributed by atoms with Crippen molar-refractivity contribution in [3.63, 3.8) is 0 Å². The Balaban J connectivity index is 2.47. The zero-order valence-electron chi connectivity index (χ0n) is 12.9. The molecule has 5 heteroatoms. The summed E-state index contributed by atoms with van der Waals surface area (Å²) in [7, 11) is 2.16. The predicted molar refractivity (Wildman–Crippen MR) is 79.0 cm³/mol. The van der Waals surface area contributed by atoms with Gasteiger partial charge in [-0.1, -0.05) is 20.8 Å². The van der Waals surface area contributed by atoms with Crippen molar-refractivity contribution in [1.29, 1.82) is 0 Å². The second-order valence-corrected chi connectivity index (χ2v) is 5.91. The molecule has 2 atom stereocenters. The molecule has 0 aliphatic carbocycles. The van der Waals surface area contributed by atoms with Gasteiger partial charge in [0, 0.05) is 38.8 Å². The molecule has 1 amide bonds. The molecule has 0 spiro atoms. The Morgan fingerprint density at radius 3 is 2.32 bits per heavy atom. The number of nitrogens with two attached hydrogens (primary N) is 1. The first-order valence-electron chi connectivity index (χ1n) is 7.41. The van der Waals surface area contributed by atoms with Gasteiger partial charge >= 0.3 is 0 Å². The lowest BCUT2D eigenvalue weighted by Crippen LogP contribution is -2.55. The third-order valence-corrected chi connectivity index (χ3v) is 4.04. The Morgan fingerprint density at radius 2 is 1.84 bits per heavy atom. The molecule has 1 saturated heterocycles. The zero-order valence-corrected chi connectivity index (χ0v) is 12.9. The van der Waals surface area contributed by atoms with Gasteiger partial charge in [0.2, 0.25) is 5.91 Å². The van der Waals surface area contributed by atoms with Crippen molar-refractivity contribution in [2.75, 3.05) is 39.8 Å². The SMILES string of the molecule is CC[C@@H](N)C(=O)NCC(C(C)C)N1CCN(C)CC1. The van der Waals surface area contributed by atoms with Crippen molar-refractivity contribution in [2.45, 2.75) is 39.3 Å². The molecule has 0 aromatic carbocycles. The largest absolute Gasteiger partial charge is 0.353 e. The number of carbonyl (C=O) groups is 1. The summed E-state index contributed by atoms with van der Waals surface area (Å²) in [5.41, 5.74) is 5.74. The van der Waals surface area contributed by atoms with E-state index in [1.165, 1.54) is 0 Å². The van der Waals surface area contributed by atoms with Gasteiger partial charge in [-0.05, 0) is 19.4 Å². The number of hydrogen-bond donors (Lipinski definition) is 2. The number of hydrogen-bond acceptors (Lipinski definition) is 4. The number of piperazine rings is 1. The first-order chi connectivity index (χ1) is 8.95. The summed E-state index contributed by atoms with van der Waals surface area (Å²) < 4.78 is 0.